The molecular formula is C20H32N4. The van der Waals surface area contributed by atoms with Gasteiger partial charge in [-0.25, -0.2) is 0 Å². The number of hydrogen-bond acceptors (Lipinski definition) is 2. The monoisotopic (exact) mass is 328 g/mol. The van der Waals surface area contributed by atoms with Gasteiger partial charge in [0.15, 0.2) is 5.96 Å². The van der Waals surface area contributed by atoms with Gasteiger partial charge >= 0.3 is 0 Å². The van der Waals surface area contributed by atoms with Crippen molar-refractivity contribution < 1.29 is 0 Å². The van der Waals surface area contributed by atoms with Crippen LogP contribution in [0.25, 0.3) is 0 Å². The number of rotatable bonds is 8. The molecule has 3 rings (SSSR count). The molecule has 0 bridgehead atoms. The highest BCUT2D eigenvalue weighted by Gasteiger charge is 2.44. The minimum Gasteiger partial charge on any atom is -0.356 e. The lowest BCUT2D eigenvalue weighted by molar-refractivity contribution is 0.215. The van der Waals surface area contributed by atoms with Crippen LogP contribution in [0.3, 0.4) is 0 Å². The highest BCUT2D eigenvalue weighted by Crippen LogP contribution is 2.47. The van der Waals surface area contributed by atoms with Gasteiger partial charge < -0.3 is 10.6 Å². The molecule has 2 saturated carbocycles. The maximum absolute atomic E-state index is 4.39. The number of aliphatic imine (C=N–C) groups is 1. The Bertz CT molecular complexity index is 542. The van der Waals surface area contributed by atoms with E-state index in [1.54, 1.807) is 0 Å². The molecule has 0 aliphatic heterocycles. The largest absolute Gasteiger partial charge is 0.356 e. The summed E-state index contributed by atoms with van der Waals surface area (Å²) in [6, 6.07) is 12.3. The van der Waals surface area contributed by atoms with E-state index in [1.807, 2.05) is 7.05 Å². The Kier molecular flexibility index (Phi) is 5.44. The molecule has 0 spiro atoms. The summed E-state index contributed by atoms with van der Waals surface area (Å²) in [7, 11) is 1.86. The van der Waals surface area contributed by atoms with Crippen molar-refractivity contribution in [1.29, 1.82) is 0 Å². The minimum atomic E-state index is 0.316. The number of guanidine groups is 1. The molecule has 0 aromatic heterocycles. The average Bonchev–Trinajstić information content (AvgIpc) is 3.49. The topological polar surface area (TPSA) is 39.7 Å². The van der Waals surface area contributed by atoms with E-state index in [0.29, 0.717) is 11.5 Å². The molecule has 132 valence electrons. The lowest BCUT2D eigenvalue weighted by Crippen LogP contribution is -2.45. The van der Waals surface area contributed by atoms with Crippen molar-refractivity contribution in [2.45, 2.75) is 57.0 Å². The smallest absolute Gasteiger partial charge is 0.191 e. The molecule has 1 aromatic rings. The summed E-state index contributed by atoms with van der Waals surface area (Å²) in [6.45, 7) is 7.59. The lowest BCUT2D eigenvalue weighted by Gasteiger charge is -2.27. The fraction of sp³-hybridized carbons (Fsp3) is 0.650. The summed E-state index contributed by atoms with van der Waals surface area (Å²) >= 11 is 0. The van der Waals surface area contributed by atoms with Crippen molar-refractivity contribution in [2.75, 3.05) is 26.7 Å². The Balaban J connectivity index is 1.44. The van der Waals surface area contributed by atoms with E-state index in [0.717, 1.165) is 31.6 Å². The lowest BCUT2D eigenvalue weighted by atomic mass is 9.96. The standard InChI is InChI=1S/C20H32N4/c1-16(2)24(18-9-10-18)14-13-22-19(21-3)23-15-20(11-12-20)17-7-5-4-6-8-17/h4-8,16,18H,9-15H2,1-3H3,(H2,21,22,23). The molecule has 0 heterocycles. The Morgan fingerprint density at radius 2 is 1.92 bits per heavy atom. The van der Waals surface area contributed by atoms with Crippen LogP contribution in [0.5, 0.6) is 0 Å². The van der Waals surface area contributed by atoms with E-state index in [4.69, 9.17) is 0 Å². The highest BCUT2D eigenvalue weighted by molar-refractivity contribution is 5.79. The van der Waals surface area contributed by atoms with Crippen LogP contribution >= 0.6 is 0 Å². The molecule has 2 aliphatic rings. The van der Waals surface area contributed by atoms with Crippen LogP contribution in [0.1, 0.15) is 45.1 Å². The first kappa shape index (κ1) is 17.3. The fourth-order valence-corrected chi connectivity index (χ4v) is 3.56. The maximum Gasteiger partial charge on any atom is 0.191 e. The second kappa shape index (κ2) is 7.56. The third kappa shape index (κ3) is 4.29. The van der Waals surface area contributed by atoms with Crippen LogP contribution < -0.4 is 10.6 Å². The predicted molar refractivity (Wildman–Crippen MR) is 102 cm³/mol. The van der Waals surface area contributed by atoms with E-state index in [9.17, 15) is 0 Å². The second-order valence-corrected chi connectivity index (χ2v) is 7.56. The van der Waals surface area contributed by atoms with Crippen molar-refractivity contribution in [3.8, 4) is 0 Å². The Hall–Kier alpha value is -1.55. The summed E-state index contributed by atoms with van der Waals surface area (Å²) in [4.78, 5) is 6.99. The molecule has 2 aliphatic carbocycles. The van der Waals surface area contributed by atoms with Crippen molar-refractivity contribution in [2.24, 2.45) is 4.99 Å². The fourth-order valence-electron chi connectivity index (χ4n) is 3.56. The van der Waals surface area contributed by atoms with Crippen LogP contribution in [0.4, 0.5) is 0 Å². The molecule has 0 radical (unpaired) electrons. The van der Waals surface area contributed by atoms with Gasteiger partial charge in [0, 0.05) is 44.2 Å². The minimum absolute atomic E-state index is 0.316. The summed E-state index contributed by atoms with van der Waals surface area (Å²) in [6.07, 6.45) is 5.27. The maximum atomic E-state index is 4.39. The predicted octanol–water partition coefficient (Wildman–Crippen LogP) is 2.76. The van der Waals surface area contributed by atoms with Gasteiger partial charge in [0.25, 0.3) is 0 Å². The van der Waals surface area contributed by atoms with E-state index >= 15 is 0 Å². The molecule has 4 nitrogen and oxygen atoms in total. The van der Waals surface area contributed by atoms with Gasteiger partial charge in [0.2, 0.25) is 0 Å². The van der Waals surface area contributed by atoms with Gasteiger partial charge in [0.05, 0.1) is 0 Å². The summed E-state index contributed by atoms with van der Waals surface area (Å²) < 4.78 is 0. The molecule has 24 heavy (non-hydrogen) atoms. The molecular weight excluding hydrogens is 296 g/mol. The Morgan fingerprint density at radius 3 is 2.46 bits per heavy atom. The van der Waals surface area contributed by atoms with E-state index < -0.39 is 0 Å². The first-order chi connectivity index (χ1) is 11.6. The normalized spacial score (nSPS) is 19.6. The summed E-state index contributed by atoms with van der Waals surface area (Å²) in [5.74, 6) is 0.928. The zero-order valence-electron chi connectivity index (χ0n) is 15.4. The third-order valence-electron chi connectivity index (χ3n) is 5.40. The zero-order chi connectivity index (χ0) is 17.0. The van der Waals surface area contributed by atoms with Crippen molar-refractivity contribution in [3.63, 3.8) is 0 Å². The van der Waals surface area contributed by atoms with Crippen LogP contribution in [0.15, 0.2) is 35.3 Å². The van der Waals surface area contributed by atoms with Gasteiger partial charge in [0.1, 0.15) is 0 Å². The zero-order valence-corrected chi connectivity index (χ0v) is 15.4. The molecule has 2 N–H and O–H groups in total. The van der Waals surface area contributed by atoms with Crippen LogP contribution in [0.2, 0.25) is 0 Å². The average molecular weight is 329 g/mol. The molecule has 0 amide bonds. The van der Waals surface area contributed by atoms with Gasteiger partial charge in [-0.2, -0.15) is 0 Å². The first-order valence-corrected chi connectivity index (χ1v) is 9.40. The number of hydrogen-bond donors (Lipinski definition) is 2. The Labute approximate surface area is 146 Å². The van der Waals surface area contributed by atoms with Crippen molar-refractivity contribution in [1.82, 2.24) is 15.5 Å². The molecule has 4 heteroatoms. The molecule has 0 atom stereocenters. The van der Waals surface area contributed by atoms with Gasteiger partial charge in [-0.1, -0.05) is 30.3 Å². The number of benzene rings is 1. The summed E-state index contributed by atoms with van der Waals surface area (Å²) in [5, 5.41) is 7.03. The molecule has 0 saturated heterocycles. The molecule has 0 unspecified atom stereocenters. The highest BCUT2D eigenvalue weighted by atomic mass is 15.2. The van der Waals surface area contributed by atoms with Gasteiger partial charge in [-0.15, -0.1) is 0 Å². The quantitative estimate of drug-likeness (QED) is 0.569. The SMILES string of the molecule is CN=C(NCCN(C(C)C)C1CC1)NCC1(c2ccccc2)CC1. The van der Waals surface area contributed by atoms with Gasteiger partial charge in [-0.05, 0) is 45.1 Å². The van der Waals surface area contributed by atoms with Crippen molar-refractivity contribution >= 4 is 5.96 Å². The van der Waals surface area contributed by atoms with Crippen LogP contribution in [0, 0.1) is 0 Å². The third-order valence-corrected chi connectivity index (χ3v) is 5.40. The molecule has 2 fully saturated rings. The molecule has 1 aromatic carbocycles. The van der Waals surface area contributed by atoms with E-state index in [1.165, 1.54) is 31.2 Å². The number of nitrogens with zero attached hydrogens (tertiary/aromatic N) is 2. The van der Waals surface area contributed by atoms with Gasteiger partial charge in [-0.3, -0.25) is 9.89 Å². The summed E-state index contributed by atoms with van der Waals surface area (Å²) in [5.41, 5.74) is 1.77. The van der Waals surface area contributed by atoms with Crippen LogP contribution in [-0.4, -0.2) is 49.6 Å². The first-order valence-electron chi connectivity index (χ1n) is 9.40. The number of nitrogens with one attached hydrogen (secondary N) is 2. The Morgan fingerprint density at radius 1 is 1.21 bits per heavy atom. The van der Waals surface area contributed by atoms with Crippen LogP contribution in [-0.2, 0) is 5.41 Å². The van der Waals surface area contributed by atoms with E-state index in [2.05, 4.69) is 64.7 Å². The van der Waals surface area contributed by atoms with E-state index in [-0.39, 0.29) is 0 Å². The second-order valence-electron chi connectivity index (χ2n) is 7.56. The van der Waals surface area contributed by atoms with Crippen molar-refractivity contribution in [3.05, 3.63) is 35.9 Å².